The predicted octanol–water partition coefficient (Wildman–Crippen LogP) is 1.82. The van der Waals surface area contributed by atoms with Gasteiger partial charge in [-0.2, -0.15) is 0 Å². The molecule has 0 radical (unpaired) electrons. The van der Waals surface area contributed by atoms with Crippen molar-refractivity contribution in [2.24, 2.45) is 22.7 Å². The van der Waals surface area contributed by atoms with Crippen LogP contribution in [-0.2, 0) is 9.59 Å². The third kappa shape index (κ3) is 3.75. The van der Waals surface area contributed by atoms with Crippen LogP contribution < -0.4 is 0 Å². The Labute approximate surface area is 176 Å². The second-order valence-electron chi connectivity index (χ2n) is 9.04. The number of carboxylic acid groups (broad SMARTS) is 1. The average molecular weight is 422 g/mol. The lowest BCUT2D eigenvalue weighted by Gasteiger charge is -2.46. The number of aliphatic imine (C=N–C) groups is 1. The summed E-state index contributed by atoms with van der Waals surface area (Å²) in [4.78, 5) is 33.7. The number of carbonyl (C=O) groups is 2. The van der Waals surface area contributed by atoms with Gasteiger partial charge in [0.05, 0.1) is 18.1 Å². The Morgan fingerprint density at radius 1 is 1.38 bits per heavy atom. The van der Waals surface area contributed by atoms with Crippen LogP contribution in [0, 0.1) is 17.8 Å². The van der Waals surface area contributed by atoms with Crippen LogP contribution in [-0.4, -0.2) is 81.2 Å². The molecular formula is C21H31N3O4S. The number of carboxylic acids is 1. The summed E-state index contributed by atoms with van der Waals surface area (Å²) in [6, 6.07) is -0.225. The van der Waals surface area contributed by atoms with Gasteiger partial charge in [-0.25, -0.2) is 4.79 Å². The second-order valence-corrected chi connectivity index (χ2v) is 10.4. The minimum atomic E-state index is -1.04. The number of aliphatic hydroxyl groups excluding tert-OH is 1. The molecule has 0 spiro atoms. The van der Waals surface area contributed by atoms with Crippen LogP contribution in [0.15, 0.2) is 15.6 Å². The molecule has 29 heavy (non-hydrogen) atoms. The van der Waals surface area contributed by atoms with Crippen molar-refractivity contribution >= 4 is 29.4 Å². The minimum absolute atomic E-state index is 0.0480. The fraction of sp³-hybridized carbons (Fsp3) is 0.762. The molecule has 7 nitrogen and oxygen atoms in total. The maximum atomic E-state index is 12.5. The van der Waals surface area contributed by atoms with Crippen molar-refractivity contribution in [3.05, 3.63) is 10.6 Å². The van der Waals surface area contributed by atoms with E-state index >= 15 is 0 Å². The van der Waals surface area contributed by atoms with Crippen LogP contribution in [0.25, 0.3) is 0 Å². The first-order chi connectivity index (χ1) is 13.8. The van der Waals surface area contributed by atoms with Crippen LogP contribution in [0.2, 0.25) is 0 Å². The second kappa shape index (κ2) is 8.04. The Hall–Kier alpha value is -1.38. The first-order valence-corrected chi connectivity index (χ1v) is 11.5. The third-order valence-electron chi connectivity index (χ3n) is 6.88. The van der Waals surface area contributed by atoms with Gasteiger partial charge in [-0.15, -0.1) is 11.8 Å². The molecule has 4 heterocycles. The molecule has 2 N–H and O–H groups in total. The minimum Gasteiger partial charge on any atom is -0.477 e. The van der Waals surface area contributed by atoms with E-state index in [1.54, 1.807) is 18.7 Å². The van der Waals surface area contributed by atoms with Crippen LogP contribution in [0.3, 0.4) is 0 Å². The maximum absolute atomic E-state index is 12.5. The van der Waals surface area contributed by atoms with E-state index in [4.69, 9.17) is 0 Å². The largest absolute Gasteiger partial charge is 0.477 e. The highest BCUT2D eigenvalue weighted by molar-refractivity contribution is 8.03. The van der Waals surface area contributed by atoms with Gasteiger partial charge in [0.25, 0.3) is 0 Å². The summed E-state index contributed by atoms with van der Waals surface area (Å²) in [6.45, 7) is 9.67. The van der Waals surface area contributed by atoms with Crippen molar-refractivity contribution in [1.82, 2.24) is 9.80 Å². The highest BCUT2D eigenvalue weighted by Gasteiger charge is 2.60. The van der Waals surface area contributed by atoms with E-state index in [0.717, 1.165) is 43.9 Å². The lowest BCUT2D eigenvalue weighted by Crippen LogP contribution is -2.63. The van der Waals surface area contributed by atoms with Gasteiger partial charge in [-0.05, 0) is 45.6 Å². The number of fused-ring (bicyclic) bond motifs is 1. The van der Waals surface area contributed by atoms with Crippen LogP contribution >= 0.6 is 11.8 Å². The van der Waals surface area contributed by atoms with Gasteiger partial charge in [0.2, 0.25) is 5.91 Å². The molecule has 6 atom stereocenters. The highest BCUT2D eigenvalue weighted by atomic mass is 32.2. The van der Waals surface area contributed by atoms with Crippen molar-refractivity contribution in [2.45, 2.75) is 57.4 Å². The average Bonchev–Trinajstić information content (AvgIpc) is 3.18. The molecule has 1 unspecified atom stereocenters. The summed E-state index contributed by atoms with van der Waals surface area (Å²) in [5.41, 5.74) is 1.40. The van der Waals surface area contributed by atoms with E-state index in [1.165, 1.54) is 17.0 Å². The smallest absolute Gasteiger partial charge is 0.353 e. The molecule has 2 saturated heterocycles. The molecule has 0 aliphatic carbocycles. The fourth-order valence-corrected chi connectivity index (χ4v) is 6.82. The zero-order valence-corrected chi connectivity index (χ0v) is 18.2. The number of nitrogens with zero attached hydrogens (tertiary/aromatic N) is 3. The van der Waals surface area contributed by atoms with Crippen LogP contribution in [0.1, 0.15) is 40.0 Å². The summed E-state index contributed by atoms with van der Waals surface area (Å²) in [6.07, 6.45) is 2.57. The number of aliphatic hydroxyl groups is 1. The standard InChI is InChI=1S/C21H31N3O4S/c1-11-4-5-14(8-22-11)9-23-7-6-15(10-23)29-19-12(2)17-16(13(3)25)20(26)24(17)18(19)21(27)28/h12-17,25H,4-10H2,1-3H3,(H,27,28)/t12-,13-,14?,15-,16-,17-/m1/s1. The molecule has 0 aromatic rings. The van der Waals surface area contributed by atoms with Crippen molar-refractivity contribution in [3.63, 3.8) is 0 Å². The molecule has 160 valence electrons. The SMILES string of the molecule is CC1=NCC(CN2CC[C@@H](SC3=C(C(=O)O)N4C(=O)[C@H]([C@@H](C)O)[C@H]4[C@H]3C)C2)CC1. The number of thioether (sulfide) groups is 1. The summed E-state index contributed by atoms with van der Waals surface area (Å²) >= 11 is 1.64. The van der Waals surface area contributed by atoms with E-state index in [9.17, 15) is 19.8 Å². The topological polar surface area (TPSA) is 93.4 Å². The lowest BCUT2D eigenvalue weighted by atomic mass is 9.79. The molecule has 0 saturated carbocycles. The van der Waals surface area contributed by atoms with Gasteiger partial charge in [0.1, 0.15) is 5.70 Å². The van der Waals surface area contributed by atoms with Crippen molar-refractivity contribution in [1.29, 1.82) is 0 Å². The summed E-state index contributed by atoms with van der Waals surface area (Å²) < 4.78 is 0. The molecule has 0 bridgehead atoms. The number of carbonyl (C=O) groups excluding carboxylic acids is 1. The summed E-state index contributed by atoms with van der Waals surface area (Å²) in [5, 5.41) is 20.1. The zero-order chi connectivity index (χ0) is 20.9. The van der Waals surface area contributed by atoms with Gasteiger partial charge in [-0.3, -0.25) is 9.79 Å². The van der Waals surface area contributed by atoms with E-state index < -0.39 is 18.0 Å². The number of hydrogen-bond donors (Lipinski definition) is 2. The van der Waals surface area contributed by atoms with Gasteiger partial charge in [0, 0.05) is 41.4 Å². The fourth-order valence-electron chi connectivity index (χ4n) is 5.30. The van der Waals surface area contributed by atoms with Gasteiger partial charge < -0.3 is 20.0 Å². The van der Waals surface area contributed by atoms with Crippen molar-refractivity contribution < 1.29 is 19.8 Å². The first kappa shape index (κ1) is 20.9. The van der Waals surface area contributed by atoms with E-state index in [2.05, 4.69) is 16.8 Å². The Balaban J connectivity index is 1.41. The number of aliphatic carboxylic acids is 1. The number of rotatable bonds is 6. The molecule has 8 heteroatoms. The zero-order valence-electron chi connectivity index (χ0n) is 17.4. The number of β-lactam (4-membered cyclic amide) rings is 1. The van der Waals surface area contributed by atoms with Crippen molar-refractivity contribution in [2.75, 3.05) is 26.2 Å². The summed E-state index contributed by atoms with van der Waals surface area (Å²) in [7, 11) is 0. The number of amides is 1. The van der Waals surface area contributed by atoms with E-state index in [-0.39, 0.29) is 23.6 Å². The van der Waals surface area contributed by atoms with Gasteiger partial charge in [-0.1, -0.05) is 6.92 Å². The lowest BCUT2D eigenvalue weighted by molar-refractivity contribution is -0.163. The normalized spacial score (nSPS) is 36.1. The van der Waals surface area contributed by atoms with Crippen LogP contribution in [0.4, 0.5) is 0 Å². The first-order valence-electron chi connectivity index (χ1n) is 10.7. The molecule has 2 fully saturated rings. The quantitative estimate of drug-likeness (QED) is 0.636. The molecule has 1 amide bonds. The van der Waals surface area contributed by atoms with Gasteiger partial charge >= 0.3 is 5.97 Å². The molecule has 4 rings (SSSR count). The molecule has 4 aliphatic rings. The van der Waals surface area contributed by atoms with Crippen molar-refractivity contribution in [3.8, 4) is 0 Å². The Morgan fingerprint density at radius 2 is 2.14 bits per heavy atom. The number of likely N-dealkylation sites (tertiary alicyclic amines) is 1. The van der Waals surface area contributed by atoms with E-state index in [1.807, 2.05) is 6.92 Å². The van der Waals surface area contributed by atoms with Crippen LogP contribution in [0.5, 0.6) is 0 Å². The van der Waals surface area contributed by atoms with Gasteiger partial charge in [0.15, 0.2) is 0 Å². The molecule has 0 aromatic carbocycles. The Morgan fingerprint density at radius 3 is 2.76 bits per heavy atom. The van der Waals surface area contributed by atoms with E-state index in [0.29, 0.717) is 11.2 Å². The highest BCUT2D eigenvalue weighted by Crippen LogP contribution is 2.51. The molecule has 0 aromatic heterocycles. The monoisotopic (exact) mass is 421 g/mol. The number of hydrogen-bond acceptors (Lipinski definition) is 6. The molecule has 4 aliphatic heterocycles. The summed E-state index contributed by atoms with van der Waals surface area (Å²) in [5.74, 6) is -1.22. The maximum Gasteiger partial charge on any atom is 0.353 e. The third-order valence-corrected chi connectivity index (χ3v) is 8.42. The Kier molecular flexibility index (Phi) is 5.79. The predicted molar refractivity (Wildman–Crippen MR) is 113 cm³/mol. The Bertz CT molecular complexity index is 765. The molecular weight excluding hydrogens is 390 g/mol.